The van der Waals surface area contributed by atoms with Gasteiger partial charge in [0.05, 0.1) is 7.11 Å². The number of hydrogen-bond donors (Lipinski definition) is 2. The Balaban J connectivity index is 2.03. The van der Waals surface area contributed by atoms with Crippen LogP contribution in [0.4, 0.5) is 10.8 Å². The summed E-state index contributed by atoms with van der Waals surface area (Å²) in [6.07, 6.45) is 0.992. The molecule has 2 rings (SSSR count). The maximum absolute atomic E-state index is 12.1. The first-order valence-electron chi connectivity index (χ1n) is 6.67. The van der Waals surface area contributed by atoms with Crippen LogP contribution in [0.1, 0.15) is 28.7 Å². The Morgan fingerprint density at radius 3 is 2.86 bits per heavy atom. The van der Waals surface area contributed by atoms with Crippen molar-refractivity contribution >= 4 is 28.1 Å². The molecule has 0 unspecified atom stereocenters. The Morgan fingerprint density at radius 1 is 1.38 bits per heavy atom. The van der Waals surface area contributed by atoms with Gasteiger partial charge in [-0.1, -0.05) is 18.3 Å². The summed E-state index contributed by atoms with van der Waals surface area (Å²) in [5.74, 6) is 0.525. The van der Waals surface area contributed by atoms with Gasteiger partial charge >= 0.3 is 0 Å². The van der Waals surface area contributed by atoms with Crippen molar-refractivity contribution < 1.29 is 9.53 Å². The zero-order chi connectivity index (χ0) is 15.2. The summed E-state index contributed by atoms with van der Waals surface area (Å²) in [5.41, 5.74) is 1.66. The van der Waals surface area contributed by atoms with Crippen LogP contribution in [-0.4, -0.2) is 29.8 Å². The second-order valence-electron chi connectivity index (χ2n) is 4.48. The number of carbonyl (C=O) groups is 1. The number of nitrogens with one attached hydrogen (secondary N) is 2. The van der Waals surface area contributed by atoms with E-state index in [4.69, 9.17) is 4.74 Å². The van der Waals surface area contributed by atoms with E-state index in [0.717, 1.165) is 24.3 Å². The third-order valence-electron chi connectivity index (χ3n) is 2.80. The van der Waals surface area contributed by atoms with Crippen LogP contribution in [0.2, 0.25) is 0 Å². The predicted molar refractivity (Wildman–Crippen MR) is 84.4 cm³/mol. The van der Waals surface area contributed by atoms with Gasteiger partial charge < -0.3 is 15.4 Å². The van der Waals surface area contributed by atoms with E-state index in [2.05, 4.69) is 27.8 Å². The lowest BCUT2D eigenvalue weighted by Crippen LogP contribution is -2.11. The predicted octanol–water partition coefficient (Wildman–Crippen LogP) is 2.93. The van der Waals surface area contributed by atoms with Crippen LogP contribution < -0.4 is 15.4 Å². The van der Waals surface area contributed by atoms with Crippen molar-refractivity contribution in [2.45, 2.75) is 20.3 Å². The maximum atomic E-state index is 12.1. The second kappa shape index (κ2) is 7.03. The smallest absolute Gasteiger partial charge is 0.286 e. The highest BCUT2D eigenvalue weighted by Crippen LogP contribution is 2.22. The molecule has 6 nitrogen and oxygen atoms in total. The maximum Gasteiger partial charge on any atom is 0.286 e. The monoisotopic (exact) mass is 306 g/mol. The number of aryl methyl sites for hydroxylation is 1. The summed E-state index contributed by atoms with van der Waals surface area (Å²) >= 11 is 1.24. The molecule has 21 heavy (non-hydrogen) atoms. The summed E-state index contributed by atoms with van der Waals surface area (Å²) in [6.45, 7) is 4.80. The summed E-state index contributed by atoms with van der Waals surface area (Å²) in [7, 11) is 1.62. The number of anilines is 2. The number of benzene rings is 1. The van der Waals surface area contributed by atoms with Crippen molar-refractivity contribution in [2.24, 2.45) is 0 Å². The molecule has 0 aliphatic rings. The molecule has 1 aromatic carbocycles. The molecule has 1 amide bonds. The molecule has 0 spiro atoms. The zero-order valence-corrected chi connectivity index (χ0v) is 13.1. The van der Waals surface area contributed by atoms with Crippen molar-refractivity contribution in [1.29, 1.82) is 0 Å². The third kappa shape index (κ3) is 3.91. The van der Waals surface area contributed by atoms with Gasteiger partial charge in [0, 0.05) is 12.2 Å². The minimum atomic E-state index is -0.262. The van der Waals surface area contributed by atoms with Crippen molar-refractivity contribution in [3.63, 3.8) is 0 Å². The fraction of sp³-hybridized carbons (Fsp3) is 0.357. The summed E-state index contributed by atoms with van der Waals surface area (Å²) in [6, 6.07) is 5.47. The highest BCUT2D eigenvalue weighted by Gasteiger charge is 2.13. The molecule has 1 heterocycles. The first kappa shape index (κ1) is 15.2. The lowest BCUT2D eigenvalue weighted by atomic mass is 10.2. The summed E-state index contributed by atoms with van der Waals surface area (Å²) in [4.78, 5) is 12.1. The largest absolute Gasteiger partial charge is 0.496 e. The number of aromatic nitrogens is 2. The van der Waals surface area contributed by atoms with E-state index in [1.165, 1.54) is 11.3 Å². The third-order valence-corrected chi connectivity index (χ3v) is 3.68. The molecule has 0 bridgehead atoms. The molecule has 0 fully saturated rings. The van der Waals surface area contributed by atoms with E-state index < -0.39 is 0 Å². The van der Waals surface area contributed by atoms with Crippen LogP contribution in [0.5, 0.6) is 5.75 Å². The molecule has 2 N–H and O–H groups in total. The number of rotatable bonds is 6. The average molecular weight is 306 g/mol. The van der Waals surface area contributed by atoms with E-state index in [-0.39, 0.29) is 5.91 Å². The zero-order valence-electron chi connectivity index (χ0n) is 12.3. The van der Waals surface area contributed by atoms with E-state index in [1.54, 1.807) is 13.2 Å². The molecule has 7 heteroatoms. The first-order valence-corrected chi connectivity index (χ1v) is 7.49. The second-order valence-corrected chi connectivity index (χ2v) is 5.46. The van der Waals surface area contributed by atoms with Gasteiger partial charge in [-0.25, -0.2) is 0 Å². The van der Waals surface area contributed by atoms with Crippen molar-refractivity contribution in [2.75, 3.05) is 24.3 Å². The SMILES string of the molecule is CCCNc1nnc(C(=O)Nc2ccc(OC)c(C)c2)s1. The lowest BCUT2D eigenvalue weighted by Gasteiger charge is -2.07. The van der Waals surface area contributed by atoms with Gasteiger partial charge in [-0.05, 0) is 37.1 Å². The van der Waals surface area contributed by atoms with Crippen LogP contribution in [0.25, 0.3) is 0 Å². The molecule has 0 aliphatic carbocycles. The first-order chi connectivity index (χ1) is 10.1. The lowest BCUT2D eigenvalue weighted by molar-refractivity contribution is 0.102. The van der Waals surface area contributed by atoms with Crippen LogP contribution in [0.3, 0.4) is 0 Å². The number of ether oxygens (including phenoxy) is 1. The molecule has 0 radical (unpaired) electrons. The number of hydrogen-bond acceptors (Lipinski definition) is 6. The molecule has 1 aromatic heterocycles. The Morgan fingerprint density at radius 2 is 2.19 bits per heavy atom. The van der Waals surface area contributed by atoms with Crippen molar-refractivity contribution in [3.05, 3.63) is 28.8 Å². The van der Waals surface area contributed by atoms with Crippen LogP contribution in [0.15, 0.2) is 18.2 Å². The minimum absolute atomic E-state index is 0.262. The van der Waals surface area contributed by atoms with Crippen LogP contribution in [-0.2, 0) is 0 Å². The topological polar surface area (TPSA) is 76.1 Å². The molecular formula is C14H18N4O2S. The fourth-order valence-corrected chi connectivity index (χ4v) is 2.42. The Hall–Kier alpha value is -2.15. The van der Waals surface area contributed by atoms with E-state index in [9.17, 15) is 4.79 Å². The van der Waals surface area contributed by atoms with Crippen molar-refractivity contribution in [1.82, 2.24) is 10.2 Å². The quantitative estimate of drug-likeness (QED) is 0.858. The molecular weight excluding hydrogens is 288 g/mol. The molecule has 0 saturated heterocycles. The molecule has 0 saturated carbocycles. The van der Waals surface area contributed by atoms with Gasteiger partial charge in [0.2, 0.25) is 10.1 Å². The van der Waals surface area contributed by atoms with Gasteiger partial charge in [0.15, 0.2) is 0 Å². The molecule has 0 atom stereocenters. The van der Waals surface area contributed by atoms with Gasteiger partial charge in [0.1, 0.15) is 5.75 Å². The average Bonchev–Trinajstić information content (AvgIpc) is 2.94. The highest BCUT2D eigenvalue weighted by molar-refractivity contribution is 7.17. The summed E-state index contributed by atoms with van der Waals surface area (Å²) in [5, 5.41) is 14.7. The standard InChI is InChI=1S/C14H18N4O2S/c1-4-7-15-14-18-17-13(21-14)12(19)16-10-5-6-11(20-3)9(2)8-10/h5-6,8H,4,7H2,1-3H3,(H,15,18)(H,16,19). The number of methoxy groups -OCH3 is 1. The number of carbonyl (C=O) groups excluding carboxylic acids is 1. The Bertz CT molecular complexity index is 627. The van der Waals surface area contributed by atoms with E-state index in [1.807, 2.05) is 19.1 Å². The molecule has 112 valence electrons. The van der Waals surface area contributed by atoms with Gasteiger partial charge in [-0.2, -0.15) is 0 Å². The van der Waals surface area contributed by atoms with Crippen LogP contribution >= 0.6 is 11.3 Å². The Kier molecular flexibility index (Phi) is 5.10. The Labute approximate surface area is 127 Å². The molecule has 0 aliphatic heterocycles. The van der Waals surface area contributed by atoms with Crippen LogP contribution in [0, 0.1) is 6.92 Å². The van der Waals surface area contributed by atoms with E-state index in [0.29, 0.717) is 15.8 Å². The van der Waals surface area contributed by atoms with Gasteiger partial charge in [-0.15, -0.1) is 10.2 Å². The van der Waals surface area contributed by atoms with Gasteiger partial charge in [-0.3, -0.25) is 4.79 Å². The fourth-order valence-electron chi connectivity index (χ4n) is 1.76. The normalized spacial score (nSPS) is 10.2. The summed E-state index contributed by atoms with van der Waals surface area (Å²) < 4.78 is 5.19. The minimum Gasteiger partial charge on any atom is -0.496 e. The van der Waals surface area contributed by atoms with Gasteiger partial charge in [0.25, 0.3) is 5.91 Å². The van der Waals surface area contributed by atoms with Crippen molar-refractivity contribution in [3.8, 4) is 5.75 Å². The molecule has 2 aromatic rings. The number of nitrogens with zero attached hydrogens (tertiary/aromatic N) is 2. The number of amides is 1. The highest BCUT2D eigenvalue weighted by atomic mass is 32.1. The van der Waals surface area contributed by atoms with E-state index >= 15 is 0 Å².